The van der Waals surface area contributed by atoms with Crippen LogP contribution in [0.3, 0.4) is 0 Å². The highest BCUT2D eigenvalue weighted by Crippen LogP contribution is 2.35. The van der Waals surface area contributed by atoms with E-state index in [1.807, 2.05) is 6.92 Å². The van der Waals surface area contributed by atoms with Crippen molar-refractivity contribution >= 4 is 0 Å². The molecule has 1 atom stereocenters. The third kappa shape index (κ3) is 2.47. The highest BCUT2D eigenvalue weighted by atomic mass is 16.3. The molecule has 3 nitrogen and oxygen atoms in total. The molecular weight excluding hydrogens is 202 g/mol. The number of aromatic hydroxyl groups is 2. The molecule has 0 aromatic heterocycles. The molecule has 0 aliphatic rings. The van der Waals surface area contributed by atoms with Gasteiger partial charge in [-0.3, -0.25) is 4.90 Å². The Bertz CT molecular complexity index is 330. The predicted octanol–water partition coefficient (Wildman–Crippen LogP) is 2.89. The van der Waals surface area contributed by atoms with Crippen LogP contribution in [0.1, 0.15) is 39.3 Å². The van der Waals surface area contributed by atoms with Gasteiger partial charge in [-0.25, -0.2) is 0 Å². The lowest BCUT2D eigenvalue weighted by Crippen LogP contribution is -2.33. The van der Waals surface area contributed by atoms with Gasteiger partial charge in [0.2, 0.25) is 0 Å². The van der Waals surface area contributed by atoms with E-state index in [2.05, 4.69) is 25.7 Å². The van der Waals surface area contributed by atoms with Crippen LogP contribution >= 0.6 is 0 Å². The molecule has 0 saturated heterocycles. The van der Waals surface area contributed by atoms with Crippen LogP contribution in [0, 0.1) is 0 Å². The smallest absolute Gasteiger partial charge is 0.124 e. The molecule has 0 saturated carbocycles. The summed E-state index contributed by atoms with van der Waals surface area (Å²) in [6, 6.07) is 5.25. The zero-order valence-electron chi connectivity index (χ0n) is 10.4. The lowest BCUT2D eigenvalue weighted by molar-refractivity contribution is 0.169. The molecule has 16 heavy (non-hydrogen) atoms. The molecule has 90 valence electrons. The lowest BCUT2D eigenvalue weighted by atomic mass is 10.0. The summed E-state index contributed by atoms with van der Waals surface area (Å²) >= 11 is 0. The number of phenolic OH excluding ortho intramolecular Hbond substituents is 2. The van der Waals surface area contributed by atoms with Gasteiger partial charge in [0, 0.05) is 12.1 Å². The molecule has 3 heteroatoms. The van der Waals surface area contributed by atoms with E-state index in [0.29, 0.717) is 11.6 Å². The van der Waals surface area contributed by atoms with Crippen molar-refractivity contribution in [3.63, 3.8) is 0 Å². The number of hydrogen-bond acceptors (Lipinski definition) is 3. The summed E-state index contributed by atoms with van der Waals surface area (Å²) in [5.74, 6) is 0.318. The summed E-state index contributed by atoms with van der Waals surface area (Å²) in [7, 11) is 0. The molecule has 1 aromatic carbocycles. The van der Waals surface area contributed by atoms with Crippen LogP contribution in [0.25, 0.3) is 0 Å². The maximum Gasteiger partial charge on any atom is 0.124 e. The molecule has 0 fully saturated rings. The van der Waals surface area contributed by atoms with Gasteiger partial charge in [0.25, 0.3) is 0 Å². The quantitative estimate of drug-likeness (QED) is 0.825. The van der Waals surface area contributed by atoms with Gasteiger partial charge in [0.15, 0.2) is 0 Å². The van der Waals surface area contributed by atoms with Gasteiger partial charge < -0.3 is 10.2 Å². The van der Waals surface area contributed by atoms with E-state index in [-0.39, 0.29) is 17.5 Å². The van der Waals surface area contributed by atoms with Gasteiger partial charge in [-0.1, -0.05) is 13.0 Å². The Hall–Kier alpha value is -1.22. The fourth-order valence-corrected chi connectivity index (χ4v) is 2.22. The second-order valence-corrected chi connectivity index (χ2v) is 4.31. The van der Waals surface area contributed by atoms with E-state index in [0.717, 1.165) is 6.54 Å². The summed E-state index contributed by atoms with van der Waals surface area (Å²) < 4.78 is 0. The number of phenols is 2. The molecule has 0 spiro atoms. The van der Waals surface area contributed by atoms with Crippen LogP contribution in [0.2, 0.25) is 0 Å². The number of benzene rings is 1. The molecule has 0 aliphatic heterocycles. The van der Waals surface area contributed by atoms with Crippen molar-refractivity contribution in [1.29, 1.82) is 0 Å². The first-order valence-corrected chi connectivity index (χ1v) is 5.75. The highest BCUT2D eigenvalue weighted by molar-refractivity contribution is 5.45. The highest BCUT2D eigenvalue weighted by Gasteiger charge is 2.22. The van der Waals surface area contributed by atoms with Gasteiger partial charge in [0.05, 0.1) is 5.56 Å². The topological polar surface area (TPSA) is 43.7 Å². The van der Waals surface area contributed by atoms with Gasteiger partial charge in [-0.15, -0.1) is 0 Å². The summed E-state index contributed by atoms with van der Waals surface area (Å²) in [4.78, 5) is 2.22. The van der Waals surface area contributed by atoms with Crippen molar-refractivity contribution in [2.75, 3.05) is 6.54 Å². The third-order valence-electron chi connectivity index (χ3n) is 3.00. The minimum atomic E-state index is 0.00574. The van der Waals surface area contributed by atoms with E-state index >= 15 is 0 Å². The molecule has 0 amide bonds. The summed E-state index contributed by atoms with van der Waals surface area (Å²) in [6.07, 6.45) is 0. The summed E-state index contributed by atoms with van der Waals surface area (Å²) in [5, 5.41) is 19.6. The Morgan fingerprint density at radius 1 is 1.12 bits per heavy atom. The first kappa shape index (κ1) is 12.8. The lowest BCUT2D eigenvalue weighted by Gasteiger charge is -2.32. The molecule has 0 aliphatic carbocycles. The normalized spacial score (nSPS) is 13.4. The average molecular weight is 223 g/mol. The Morgan fingerprint density at radius 3 is 2.00 bits per heavy atom. The second-order valence-electron chi connectivity index (χ2n) is 4.31. The molecule has 0 heterocycles. The Balaban J connectivity index is 3.08. The summed E-state index contributed by atoms with van der Waals surface area (Å²) in [5.41, 5.74) is 0.609. The fraction of sp³-hybridized carbons (Fsp3) is 0.538. The molecule has 2 N–H and O–H groups in total. The van der Waals surface area contributed by atoms with Crippen LogP contribution in [0.4, 0.5) is 0 Å². The minimum Gasteiger partial charge on any atom is -0.507 e. The minimum absolute atomic E-state index is 0.00574. The first-order chi connectivity index (χ1) is 7.49. The van der Waals surface area contributed by atoms with E-state index in [1.165, 1.54) is 0 Å². The van der Waals surface area contributed by atoms with E-state index in [1.54, 1.807) is 18.2 Å². The van der Waals surface area contributed by atoms with E-state index in [4.69, 9.17) is 0 Å². The van der Waals surface area contributed by atoms with Crippen molar-refractivity contribution in [2.45, 2.75) is 39.8 Å². The van der Waals surface area contributed by atoms with Crippen LogP contribution in [-0.2, 0) is 0 Å². The first-order valence-electron chi connectivity index (χ1n) is 5.75. The molecule has 1 unspecified atom stereocenters. The standard InChI is InChI=1S/C13H21NO2/c1-5-14(9(2)3)10(4)13-11(15)7-6-8-12(13)16/h6-10,15-16H,5H2,1-4H3. The molecule has 1 aromatic rings. The Labute approximate surface area is 97.3 Å². The van der Waals surface area contributed by atoms with Gasteiger partial charge in [-0.05, 0) is 39.4 Å². The Kier molecular flexibility index (Phi) is 4.19. The molecule has 0 radical (unpaired) electrons. The molecule has 1 rings (SSSR count). The monoisotopic (exact) mass is 223 g/mol. The van der Waals surface area contributed by atoms with Crippen molar-refractivity contribution < 1.29 is 10.2 Å². The SMILES string of the molecule is CCN(C(C)C)C(C)c1c(O)cccc1O. The Morgan fingerprint density at radius 2 is 1.62 bits per heavy atom. The van der Waals surface area contributed by atoms with Crippen molar-refractivity contribution in [3.8, 4) is 11.5 Å². The molecule has 0 bridgehead atoms. The maximum absolute atomic E-state index is 9.80. The zero-order valence-corrected chi connectivity index (χ0v) is 10.4. The predicted molar refractivity (Wildman–Crippen MR) is 65.7 cm³/mol. The third-order valence-corrected chi connectivity index (χ3v) is 3.00. The van der Waals surface area contributed by atoms with Crippen LogP contribution in [0.15, 0.2) is 18.2 Å². The second kappa shape index (κ2) is 5.21. The van der Waals surface area contributed by atoms with E-state index in [9.17, 15) is 10.2 Å². The van der Waals surface area contributed by atoms with Gasteiger partial charge >= 0.3 is 0 Å². The van der Waals surface area contributed by atoms with Crippen molar-refractivity contribution in [3.05, 3.63) is 23.8 Å². The molecular formula is C13H21NO2. The number of nitrogens with zero attached hydrogens (tertiary/aromatic N) is 1. The van der Waals surface area contributed by atoms with Gasteiger partial charge in [-0.2, -0.15) is 0 Å². The average Bonchev–Trinajstić information content (AvgIpc) is 2.17. The zero-order chi connectivity index (χ0) is 12.3. The maximum atomic E-state index is 9.80. The summed E-state index contributed by atoms with van der Waals surface area (Å²) in [6.45, 7) is 9.17. The van der Waals surface area contributed by atoms with E-state index < -0.39 is 0 Å². The van der Waals surface area contributed by atoms with Gasteiger partial charge in [0.1, 0.15) is 11.5 Å². The largest absolute Gasteiger partial charge is 0.507 e. The van der Waals surface area contributed by atoms with Crippen LogP contribution in [-0.4, -0.2) is 27.7 Å². The number of rotatable bonds is 4. The number of hydrogen-bond donors (Lipinski definition) is 2. The van der Waals surface area contributed by atoms with Crippen molar-refractivity contribution in [1.82, 2.24) is 4.90 Å². The van der Waals surface area contributed by atoms with Crippen molar-refractivity contribution in [2.24, 2.45) is 0 Å². The van der Waals surface area contributed by atoms with Crippen LogP contribution in [0.5, 0.6) is 11.5 Å². The fourth-order valence-electron chi connectivity index (χ4n) is 2.22. The van der Waals surface area contributed by atoms with Crippen LogP contribution < -0.4 is 0 Å².